The third-order valence-corrected chi connectivity index (χ3v) is 2.98. The molecular formula is C10H17N3O3S. The quantitative estimate of drug-likeness (QED) is 0.604. The predicted octanol–water partition coefficient (Wildman–Crippen LogP) is 1.07. The van der Waals surface area contributed by atoms with Crippen LogP contribution in [-0.2, 0) is 9.53 Å². The van der Waals surface area contributed by atoms with Crippen molar-refractivity contribution < 1.29 is 14.6 Å². The molecule has 0 fully saturated rings. The van der Waals surface area contributed by atoms with Crippen LogP contribution in [0.3, 0.4) is 0 Å². The monoisotopic (exact) mass is 259 g/mol. The van der Waals surface area contributed by atoms with Crippen molar-refractivity contribution in [2.24, 2.45) is 5.73 Å². The highest BCUT2D eigenvalue weighted by Crippen LogP contribution is 2.19. The molecule has 7 heteroatoms. The molecule has 0 aliphatic carbocycles. The zero-order chi connectivity index (χ0) is 12.7. The van der Waals surface area contributed by atoms with E-state index in [0.717, 1.165) is 26.0 Å². The van der Waals surface area contributed by atoms with E-state index in [1.165, 1.54) is 11.3 Å². The Bertz CT molecular complexity index is 356. The Morgan fingerprint density at radius 1 is 1.71 bits per heavy atom. The summed E-state index contributed by atoms with van der Waals surface area (Å²) in [5, 5.41) is 14.2. The average molecular weight is 259 g/mol. The molecule has 1 unspecified atom stereocenters. The lowest BCUT2D eigenvalue weighted by atomic mass is 10.2. The van der Waals surface area contributed by atoms with Crippen LogP contribution in [0.1, 0.15) is 24.6 Å². The molecule has 17 heavy (non-hydrogen) atoms. The molecule has 1 aromatic heterocycles. The third kappa shape index (κ3) is 4.68. The van der Waals surface area contributed by atoms with Crippen molar-refractivity contribution in [3.05, 3.63) is 11.1 Å². The Kier molecular flexibility index (Phi) is 5.88. The molecule has 0 aliphatic heterocycles. The highest BCUT2D eigenvalue weighted by molar-refractivity contribution is 7.13. The highest BCUT2D eigenvalue weighted by atomic mass is 32.1. The molecule has 1 atom stereocenters. The SMILES string of the molecule is COCCCCNc1nc(C(N)C(=O)O)cs1. The lowest BCUT2D eigenvalue weighted by molar-refractivity contribution is -0.138. The smallest absolute Gasteiger partial charge is 0.326 e. The Morgan fingerprint density at radius 2 is 2.47 bits per heavy atom. The summed E-state index contributed by atoms with van der Waals surface area (Å²) < 4.78 is 4.93. The second-order valence-corrected chi connectivity index (χ2v) is 4.38. The Labute approximate surface area is 104 Å². The lowest BCUT2D eigenvalue weighted by Crippen LogP contribution is -2.20. The highest BCUT2D eigenvalue weighted by Gasteiger charge is 2.17. The molecule has 4 N–H and O–H groups in total. The van der Waals surface area contributed by atoms with Crippen LogP contribution >= 0.6 is 11.3 Å². The van der Waals surface area contributed by atoms with Gasteiger partial charge in [-0.1, -0.05) is 0 Å². The first kappa shape index (κ1) is 13.9. The number of carboxylic acids is 1. The third-order valence-electron chi connectivity index (χ3n) is 2.16. The molecule has 1 rings (SSSR count). The fourth-order valence-corrected chi connectivity index (χ4v) is 1.98. The van der Waals surface area contributed by atoms with Gasteiger partial charge in [0, 0.05) is 25.6 Å². The van der Waals surface area contributed by atoms with E-state index >= 15 is 0 Å². The van der Waals surface area contributed by atoms with Gasteiger partial charge in [-0.3, -0.25) is 4.79 Å². The second kappa shape index (κ2) is 7.21. The minimum absolute atomic E-state index is 0.391. The molecule has 1 heterocycles. The first-order chi connectivity index (χ1) is 8.15. The fourth-order valence-electron chi connectivity index (χ4n) is 1.20. The summed E-state index contributed by atoms with van der Waals surface area (Å²) in [5.41, 5.74) is 5.84. The lowest BCUT2D eigenvalue weighted by Gasteiger charge is -2.03. The van der Waals surface area contributed by atoms with Crippen molar-refractivity contribution in [2.75, 3.05) is 25.6 Å². The topological polar surface area (TPSA) is 97.5 Å². The van der Waals surface area contributed by atoms with Gasteiger partial charge in [-0.25, -0.2) is 4.98 Å². The van der Waals surface area contributed by atoms with Gasteiger partial charge < -0.3 is 20.9 Å². The normalized spacial score (nSPS) is 12.4. The molecule has 0 bridgehead atoms. The molecule has 6 nitrogen and oxygen atoms in total. The van der Waals surface area contributed by atoms with E-state index in [1.54, 1.807) is 12.5 Å². The maximum Gasteiger partial charge on any atom is 0.326 e. The summed E-state index contributed by atoms with van der Waals surface area (Å²) in [6, 6.07) is -1.05. The summed E-state index contributed by atoms with van der Waals surface area (Å²) in [4.78, 5) is 14.8. The number of hydrogen-bond donors (Lipinski definition) is 3. The molecule has 0 radical (unpaired) electrons. The number of aliphatic carboxylic acids is 1. The first-order valence-electron chi connectivity index (χ1n) is 5.31. The molecule has 0 saturated heterocycles. The summed E-state index contributed by atoms with van der Waals surface area (Å²) in [7, 11) is 1.67. The fraction of sp³-hybridized carbons (Fsp3) is 0.600. The van der Waals surface area contributed by atoms with Crippen LogP contribution in [0.2, 0.25) is 0 Å². The molecular weight excluding hydrogens is 242 g/mol. The van der Waals surface area contributed by atoms with Crippen LogP contribution in [0, 0.1) is 0 Å². The minimum atomic E-state index is -1.07. The average Bonchev–Trinajstić information content (AvgIpc) is 2.76. The van der Waals surface area contributed by atoms with Crippen molar-refractivity contribution in [3.63, 3.8) is 0 Å². The predicted molar refractivity (Wildman–Crippen MR) is 66.3 cm³/mol. The summed E-state index contributed by atoms with van der Waals surface area (Å²) >= 11 is 1.36. The summed E-state index contributed by atoms with van der Waals surface area (Å²) in [5.74, 6) is -1.07. The van der Waals surface area contributed by atoms with Gasteiger partial charge in [0.1, 0.15) is 6.04 Å². The number of nitrogens with zero attached hydrogens (tertiary/aromatic N) is 1. The molecule has 0 aliphatic rings. The van der Waals surface area contributed by atoms with Crippen LogP contribution in [-0.4, -0.2) is 36.3 Å². The molecule has 96 valence electrons. The molecule has 0 aromatic carbocycles. The van der Waals surface area contributed by atoms with Gasteiger partial charge in [0.25, 0.3) is 0 Å². The molecule has 0 spiro atoms. The molecule has 0 amide bonds. The largest absolute Gasteiger partial charge is 0.480 e. The summed E-state index contributed by atoms with van der Waals surface area (Å²) in [6.45, 7) is 1.54. The van der Waals surface area contributed by atoms with E-state index in [0.29, 0.717) is 10.8 Å². The van der Waals surface area contributed by atoms with Gasteiger partial charge in [-0.05, 0) is 12.8 Å². The number of hydrogen-bond acceptors (Lipinski definition) is 6. The van der Waals surface area contributed by atoms with Gasteiger partial charge in [0.15, 0.2) is 5.13 Å². The number of rotatable bonds is 8. The number of anilines is 1. The van der Waals surface area contributed by atoms with Crippen molar-refractivity contribution >= 4 is 22.4 Å². The number of nitrogens with one attached hydrogen (secondary N) is 1. The Morgan fingerprint density at radius 3 is 3.12 bits per heavy atom. The van der Waals surface area contributed by atoms with Gasteiger partial charge >= 0.3 is 5.97 Å². The van der Waals surface area contributed by atoms with E-state index in [9.17, 15) is 4.79 Å². The number of carbonyl (C=O) groups is 1. The number of methoxy groups -OCH3 is 1. The van der Waals surface area contributed by atoms with Crippen molar-refractivity contribution in [1.29, 1.82) is 0 Å². The molecule has 1 aromatic rings. The van der Waals surface area contributed by atoms with Crippen LogP contribution in [0.25, 0.3) is 0 Å². The summed E-state index contributed by atoms with van der Waals surface area (Å²) in [6.07, 6.45) is 1.96. The van der Waals surface area contributed by atoms with Gasteiger partial charge in [-0.15, -0.1) is 11.3 Å². The molecule has 0 saturated carbocycles. The number of nitrogens with two attached hydrogens (primary N) is 1. The van der Waals surface area contributed by atoms with Crippen LogP contribution in [0.4, 0.5) is 5.13 Å². The van der Waals surface area contributed by atoms with Gasteiger partial charge in [-0.2, -0.15) is 0 Å². The van der Waals surface area contributed by atoms with E-state index < -0.39 is 12.0 Å². The van der Waals surface area contributed by atoms with E-state index in [2.05, 4.69) is 10.3 Å². The standard InChI is InChI=1S/C10H17N3O3S/c1-16-5-3-2-4-12-10-13-7(6-17-10)8(11)9(14)15/h6,8H,2-5,11H2,1H3,(H,12,13)(H,14,15). The number of thiazole rings is 1. The Balaban J connectivity index is 2.33. The number of carboxylic acid groups (broad SMARTS) is 1. The zero-order valence-corrected chi connectivity index (χ0v) is 10.5. The Hall–Kier alpha value is -1.18. The van der Waals surface area contributed by atoms with Crippen molar-refractivity contribution in [3.8, 4) is 0 Å². The van der Waals surface area contributed by atoms with E-state index in [-0.39, 0.29) is 0 Å². The minimum Gasteiger partial charge on any atom is -0.480 e. The van der Waals surface area contributed by atoms with Crippen molar-refractivity contribution in [2.45, 2.75) is 18.9 Å². The number of unbranched alkanes of at least 4 members (excludes halogenated alkanes) is 1. The van der Waals surface area contributed by atoms with E-state index in [4.69, 9.17) is 15.6 Å². The van der Waals surface area contributed by atoms with Crippen LogP contribution in [0.5, 0.6) is 0 Å². The first-order valence-corrected chi connectivity index (χ1v) is 6.19. The van der Waals surface area contributed by atoms with Crippen LogP contribution in [0.15, 0.2) is 5.38 Å². The van der Waals surface area contributed by atoms with Crippen molar-refractivity contribution in [1.82, 2.24) is 4.98 Å². The maximum atomic E-state index is 10.6. The maximum absolute atomic E-state index is 10.6. The zero-order valence-electron chi connectivity index (χ0n) is 9.68. The van der Waals surface area contributed by atoms with Gasteiger partial charge in [0.2, 0.25) is 0 Å². The second-order valence-electron chi connectivity index (χ2n) is 3.52. The van der Waals surface area contributed by atoms with E-state index in [1.807, 2.05) is 0 Å². The van der Waals surface area contributed by atoms with Crippen LogP contribution < -0.4 is 11.1 Å². The number of aromatic nitrogens is 1. The number of ether oxygens (including phenoxy) is 1. The van der Waals surface area contributed by atoms with Gasteiger partial charge in [0.05, 0.1) is 5.69 Å².